The van der Waals surface area contributed by atoms with Crippen molar-refractivity contribution in [3.8, 4) is 0 Å². The molecule has 0 radical (unpaired) electrons. The molecule has 2 atom stereocenters. The Balaban J connectivity index is 3.10. The van der Waals surface area contributed by atoms with Crippen LogP contribution in [0.2, 0.25) is 0 Å². The minimum atomic E-state index is -0.359. The predicted molar refractivity (Wildman–Crippen MR) is 84.1 cm³/mol. The molecule has 0 saturated heterocycles. The molecule has 0 aliphatic rings. The molecule has 1 rings (SSSR count). The Morgan fingerprint density at radius 2 is 1.95 bits per heavy atom. The van der Waals surface area contributed by atoms with Gasteiger partial charge in [-0.05, 0) is 32.5 Å². The van der Waals surface area contributed by atoms with Crippen LogP contribution in [0.25, 0.3) is 0 Å². The normalized spacial score (nSPS) is 16.1. The number of nitrogens with two attached hydrogens (primary N) is 1. The molecular formula is C17H28N2. The fraction of sp³-hybridized carbons (Fsp3) is 0.529. The molecule has 2 N–H and O–H groups in total. The van der Waals surface area contributed by atoms with E-state index in [1.165, 1.54) is 18.4 Å². The summed E-state index contributed by atoms with van der Waals surface area (Å²) < 4.78 is 0. The van der Waals surface area contributed by atoms with Crippen LogP contribution in [0.3, 0.4) is 0 Å². The fourth-order valence-electron chi connectivity index (χ4n) is 2.81. The first kappa shape index (κ1) is 15.9. The van der Waals surface area contributed by atoms with E-state index < -0.39 is 0 Å². The zero-order valence-corrected chi connectivity index (χ0v) is 12.6. The van der Waals surface area contributed by atoms with Crippen LogP contribution in [0.15, 0.2) is 43.0 Å². The molecule has 19 heavy (non-hydrogen) atoms. The Bertz CT molecular complexity index is 372. The zero-order chi connectivity index (χ0) is 14.3. The van der Waals surface area contributed by atoms with Crippen LogP contribution in [0.5, 0.6) is 0 Å². The molecule has 1 aromatic rings. The van der Waals surface area contributed by atoms with Crippen molar-refractivity contribution in [3.05, 3.63) is 48.6 Å². The minimum Gasteiger partial charge on any atom is -0.320 e. The Morgan fingerprint density at radius 3 is 2.42 bits per heavy atom. The van der Waals surface area contributed by atoms with E-state index in [4.69, 9.17) is 5.73 Å². The zero-order valence-electron chi connectivity index (χ0n) is 12.6. The lowest BCUT2D eigenvalue weighted by Crippen LogP contribution is -2.54. The average molecular weight is 260 g/mol. The number of unbranched alkanes of at least 4 members (excludes halogenated alkanes) is 1. The first-order valence-corrected chi connectivity index (χ1v) is 7.18. The summed E-state index contributed by atoms with van der Waals surface area (Å²) in [4.78, 5) is 2.26. The van der Waals surface area contributed by atoms with E-state index >= 15 is 0 Å². The molecule has 0 heterocycles. The maximum absolute atomic E-state index is 6.80. The Kier molecular flexibility index (Phi) is 6.26. The third-order valence-corrected chi connectivity index (χ3v) is 3.84. The third-order valence-electron chi connectivity index (χ3n) is 3.84. The number of hydrogen-bond donors (Lipinski definition) is 1. The first-order chi connectivity index (χ1) is 9.06. The van der Waals surface area contributed by atoms with Crippen molar-refractivity contribution >= 4 is 0 Å². The number of likely N-dealkylation sites (N-methyl/N-ethyl adjacent to an activating group) is 1. The highest BCUT2D eigenvalue weighted by molar-refractivity contribution is 5.27. The smallest absolute Gasteiger partial charge is 0.0601 e. The molecule has 2 heteroatoms. The van der Waals surface area contributed by atoms with Gasteiger partial charge in [-0.1, -0.05) is 56.2 Å². The molecule has 0 bridgehead atoms. The number of benzene rings is 1. The molecular weight excluding hydrogens is 232 g/mol. The highest BCUT2D eigenvalue weighted by atomic mass is 15.1. The van der Waals surface area contributed by atoms with E-state index in [-0.39, 0.29) is 5.54 Å². The summed E-state index contributed by atoms with van der Waals surface area (Å²) in [7, 11) is 4.24. The van der Waals surface area contributed by atoms with Crippen molar-refractivity contribution in [1.82, 2.24) is 4.90 Å². The van der Waals surface area contributed by atoms with Gasteiger partial charge in [0.1, 0.15) is 0 Å². The molecule has 0 aliphatic carbocycles. The second kappa shape index (κ2) is 7.46. The topological polar surface area (TPSA) is 29.3 Å². The molecule has 0 aromatic heterocycles. The Hall–Kier alpha value is -1.12. The van der Waals surface area contributed by atoms with Crippen LogP contribution in [-0.2, 0) is 5.54 Å². The van der Waals surface area contributed by atoms with Crippen LogP contribution in [-0.4, -0.2) is 25.0 Å². The number of rotatable bonds is 8. The minimum absolute atomic E-state index is 0.327. The predicted octanol–water partition coefficient (Wildman–Crippen LogP) is 3.54. The van der Waals surface area contributed by atoms with Gasteiger partial charge in [-0.15, -0.1) is 6.58 Å². The van der Waals surface area contributed by atoms with E-state index in [1.54, 1.807) is 0 Å². The molecule has 0 aliphatic heterocycles. The van der Waals surface area contributed by atoms with Crippen LogP contribution >= 0.6 is 0 Å². The van der Waals surface area contributed by atoms with Crippen LogP contribution < -0.4 is 5.73 Å². The molecule has 0 saturated carbocycles. The second-order valence-corrected chi connectivity index (χ2v) is 5.52. The standard InChI is InChI=1S/C17H28N2/c1-5-7-13-16(19(3)4)17(18,14-6-2)15-11-9-8-10-12-15/h6,8-12,16H,2,5,7,13-14,18H2,1,3-4H3. The van der Waals surface area contributed by atoms with E-state index in [0.717, 1.165) is 12.8 Å². The third kappa shape index (κ3) is 3.92. The van der Waals surface area contributed by atoms with Crippen molar-refractivity contribution in [2.75, 3.05) is 14.1 Å². The van der Waals surface area contributed by atoms with Gasteiger partial charge in [-0.2, -0.15) is 0 Å². The molecule has 106 valence electrons. The van der Waals surface area contributed by atoms with E-state index in [0.29, 0.717) is 6.04 Å². The maximum atomic E-state index is 6.80. The maximum Gasteiger partial charge on any atom is 0.0601 e. The van der Waals surface area contributed by atoms with Crippen molar-refractivity contribution in [2.24, 2.45) is 5.73 Å². The lowest BCUT2D eigenvalue weighted by atomic mass is 9.78. The van der Waals surface area contributed by atoms with Crippen molar-refractivity contribution < 1.29 is 0 Å². The highest BCUT2D eigenvalue weighted by Gasteiger charge is 2.36. The summed E-state index contributed by atoms with van der Waals surface area (Å²) >= 11 is 0. The summed E-state index contributed by atoms with van der Waals surface area (Å²) in [6, 6.07) is 10.7. The molecule has 2 nitrogen and oxygen atoms in total. The molecule has 0 amide bonds. The molecule has 2 unspecified atom stereocenters. The van der Waals surface area contributed by atoms with E-state index in [9.17, 15) is 0 Å². The van der Waals surface area contributed by atoms with Crippen molar-refractivity contribution in [1.29, 1.82) is 0 Å². The largest absolute Gasteiger partial charge is 0.320 e. The summed E-state index contributed by atoms with van der Waals surface area (Å²) in [5.41, 5.74) is 7.64. The Morgan fingerprint density at radius 1 is 1.32 bits per heavy atom. The van der Waals surface area contributed by atoms with E-state index in [2.05, 4.69) is 56.8 Å². The van der Waals surface area contributed by atoms with Crippen molar-refractivity contribution in [2.45, 2.75) is 44.2 Å². The van der Waals surface area contributed by atoms with E-state index in [1.807, 2.05) is 12.1 Å². The van der Waals surface area contributed by atoms with Crippen molar-refractivity contribution in [3.63, 3.8) is 0 Å². The molecule has 0 spiro atoms. The highest BCUT2D eigenvalue weighted by Crippen LogP contribution is 2.31. The number of nitrogens with zero attached hydrogens (tertiary/aromatic N) is 1. The summed E-state index contributed by atoms with van der Waals surface area (Å²) in [6.07, 6.45) is 6.25. The first-order valence-electron chi connectivity index (χ1n) is 7.18. The lowest BCUT2D eigenvalue weighted by Gasteiger charge is -2.41. The van der Waals surface area contributed by atoms with Gasteiger partial charge >= 0.3 is 0 Å². The fourth-order valence-corrected chi connectivity index (χ4v) is 2.81. The Labute approximate surface area is 118 Å². The van der Waals surface area contributed by atoms with Crippen LogP contribution in [0, 0.1) is 0 Å². The monoisotopic (exact) mass is 260 g/mol. The van der Waals surface area contributed by atoms with Crippen LogP contribution in [0.4, 0.5) is 0 Å². The second-order valence-electron chi connectivity index (χ2n) is 5.52. The average Bonchev–Trinajstić information content (AvgIpc) is 2.40. The molecule has 0 fully saturated rings. The van der Waals surface area contributed by atoms with Gasteiger partial charge in [-0.25, -0.2) is 0 Å². The van der Waals surface area contributed by atoms with Gasteiger partial charge in [0.2, 0.25) is 0 Å². The van der Waals surface area contributed by atoms with Crippen LogP contribution in [0.1, 0.15) is 38.2 Å². The summed E-state index contributed by atoms with van der Waals surface area (Å²) in [5.74, 6) is 0. The van der Waals surface area contributed by atoms with Gasteiger partial charge in [0.05, 0.1) is 5.54 Å². The van der Waals surface area contributed by atoms with Gasteiger partial charge < -0.3 is 10.6 Å². The van der Waals surface area contributed by atoms with Gasteiger partial charge in [0.15, 0.2) is 0 Å². The molecule has 1 aromatic carbocycles. The van der Waals surface area contributed by atoms with Gasteiger partial charge in [0.25, 0.3) is 0 Å². The van der Waals surface area contributed by atoms with Gasteiger partial charge in [-0.3, -0.25) is 0 Å². The SMILES string of the molecule is C=CCC(N)(c1ccccc1)C(CCCC)N(C)C. The summed E-state index contributed by atoms with van der Waals surface area (Å²) in [5, 5.41) is 0. The lowest BCUT2D eigenvalue weighted by molar-refractivity contribution is 0.162. The number of hydrogen-bond acceptors (Lipinski definition) is 2. The summed E-state index contributed by atoms with van der Waals surface area (Å²) in [6.45, 7) is 6.12. The van der Waals surface area contributed by atoms with Gasteiger partial charge in [0, 0.05) is 6.04 Å². The quantitative estimate of drug-likeness (QED) is 0.724.